The van der Waals surface area contributed by atoms with Crippen LogP contribution in [-0.2, 0) is 12.8 Å². The van der Waals surface area contributed by atoms with Gasteiger partial charge in [-0.15, -0.1) is 0 Å². The van der Waals surface area contributed by atoms with Crippen LogP contribution in [0.3, 0.4) is 0 Å². The molecule has 1 aliphatic rings. The second-order valence-electron chi connectivity index (χ2n) is 4.61. The number of fused-ring (bicyclic) bond motifs is 1. The maximum atomic E-state index is 4.37. The molecule has 2 nitrogen and oxygen atoms in total. The van der Waals surface area contributed by atoms with Gasteiger partial charge in [-0.25, -0.2) is 9.97 Å². The summed E-state index contributed by atoms with van der Waals surface area (Å²) in [5, 5.41) is 0. The number of nitrogens with zero attached hydrogens (tertiary/aromatic N) is 2. The van der Waals surface area contributed by atoms with Gasteiger partial charge in [-0.1, -0.05) is 33.6 Å². The highest BCUT2D eigenvalue weighted by Gasteiger charge is 2.19. The Kier molecular flexibility index (Phi) is 5.44. The summed E-state index contributed by atoms with van der Waals surface area (Å²) in [5.74, 6) is 0.849. The lowest BCUT2D eigenvalue weighted by Crippen LogP contribution is -2.16. The zero-order valence-corrected chi connectivity index (χ0v) is 11.1. The van der Waals surface area contributed by atoms with Crippen LogP contribution in [-0.4, -0.2) is 9.97 Å². The minimum absolute atomic E-state index is 0.849. The lowest BCUT2D eigenvalue weighted by Gasteiger charge is -2.23. The lowest BCUT2D eigenvalue weighted by atomic mass is 9.85. The average Bonchev–Trinajstić information content (AvgIpc) is 2.30. The van der Waals surface area contributed by atoms with Crippen molar-refractivity contribution >= 4 is 0 Å². The first-order valence-corrected chi connectivity index (χ1v) is 6.52. The second kappa shape index (κ2) is 6.62. The fourth-order valence-corrected chi connectivity index (χ4v) is 2.12. The molecule has 0 saturated carbocycles. The molecule has 2 heteroatoms. The van der Waals surface area contributed by atoms with Crippen LogP contribution in [0.4, 0.5) is 0 Å². The molecule has 90 valence electrons. The van der Waals surface area contributed by atoms with E-state index in [0.717, 1.165) is 12.3 Å². The molecule has 2 rings (SSSR count). The van der Waals surface area contributed by atoms with Gasteiger partial charge in [0.2, 0.25) is 0 Å². The first-order chi connectivity index (χ1) is 7.72. The Labute approximate surface area is 99.5 Å². The van der Waals surface area contributed by atoms with Crippen LogP contribution >= 0.6 is 0 Å². The van der Waals surface area contributed by atoms with Gasteiger partial charge in [-0.2, -0.15) is 0 Å². The second-order valence-corrected chi connectivity index (χ2v) is 4.61. The molecule has 16 heavy (non-hydrogen) atoms. The predicted octanol–water partition coefficient (Wildman–Crippen LogP) is 3.72. The van der Waals surface area contributed by atoms with E-state index in [0.29, 0.717) is 0 Å². The van der Waals surface area contributed by atoms with Gasteiger partial charge in [0.15, 0.2) is 0 Å². The fraction of sp³-hybridized carbons (Fsp3) is 0.714. The molecule has 0 spiro atoms. The van der Waals surface area contributed by atoms with E-state index in [4.69, 9.17) is 0 Å². The Bertz CT molecular complexity index is 321. The Morgan fingerprint density at radius 2 is 1.94 bits per heavy atom. The highest BCUT2D eigenvalue weighted by molar-refractivity contribution is 5.26. The first-order valence-electron chi connectivity index (χ1n) is 6.52. The van der Waals surface area contributed by atoms with E-state index in [1.54, 1.807) is 6.33 Å². The van der Waals surface area contributed by atoms with Crippen molar-refractivity contribution in [3.05, 3.63) is 23.3 Å². The predicted molar refractivity (Wildman–Crippen MR) is 68.5 cm³/mol. The van der Waals surface area contributed by atoms with Gasteiger partial charge in [-0.3, -0.25) is 0 Å². The quantitative estimate of drug-likeness (QED) is 0.721. The maximum absolute atomic E-state index is 4.37. The van der Waals surface area contributed by atoms with Crippen molar-refractivity contribution in [2.45, 2.75) is 59.8 Å². The molecule has 1 aromatic rings. The third-order valence-corrected chi connectivity index (χ3v) is 3.11. The number of aromatic nitrogens is 2. The molecule has 0 saturated heterocycles. The van der Waals surface area contributed by atoms with Gasteiger partial charge in [0.25, 0.3) is 0 Å². The van der Waals surface area contributed by atoms with Crippen LogP contribution in [0.1, 0.15) is 57.0 Å². The van der Waals surface area contributed by atoms with Gasteiger partial charge >= 0.3 is 0 Å². The summed E-state index contributed by atoms with van der Waals surface area (Å²) in [6.45, 7) is 8.61. The van der Waals surface area contributed by atoms with Crippen molar-refractivity contribution in [2.24, 2.45) is 5.92 Å². The summed E-state index contributed by atoms with van der Waals surface area (Å²) in [6.07, 6.45) is 7.89. The molecular formula is C14H24N2. The normalized spacial score (nSPS) is 18.4. The highest BCUT2D eigenvalue weighted by Crippen LogP contribution is 2.26. The molecular weight excluding hydrogens is 196 g/mol. The van der Waals surface area contributed by atoms with E-state index in [-0.39, 0.29) is 0 Å². The Balaban J connectivity index is 0.000000386. The number of rotatable bonds is 1. The van der Waals surface area contributed by atoms with Crippen molar-refractivity contribution in [3.8, 4) is 0 Å². The van der Waals surface area contributed by atoms with E-state index in [1.807, 2.05) is 0 Å². The summed E-state index contributed by atoms with van der Waals surface area (Å²) in [7, 11) is 0. The molecule has 0 N–H and O–H groups in total. The van der Waals surface area contributed by atoms with Crippen molar-refractivity contribution in [1.29, 1.82) is 0 Å². The maximum Gasteiger partial charge on any atom is 0.115 e. The molecule has 0 radical (unpaired) electrons. The van der Waals surface area contributed by atoms with Crippen molar-refractivity contribution in [2.75, 3.05) is 0 Å². The summed E-state index contributed by atoms with van der Waals surface area (Å²) >= 11 is 0. The Hall–Kier alpha value is -0.920. The topological polar surface area (TPSA) is 25.8 Å². The number of hydrogen-bond acceptors (Lipinski definition) is 2. The van der Waals surface area contributed by atoms with E-state index in [1.165, 1.54) is 42.6 Å². The van der Waals surface area contributed by atoms with E-state index in [2.05, 4.69) is 37.7 Å². The molecule has 0 bridgehead atoms. The zero-order valence-electron chi connectivity index (χ0n) is 11.1. The van der Waals surface area contributed by atoms with Gasteiger partial charge in [0.1, 0.15) is 6.33 Å². The van der Waals surface area contributed by atoms with Crippen LogP contribution in [0.15, 0.2) is 6.33 Å². The SMILES string of the molecule is CCC.CC[C@H]1CCc2c(C)ncnc2C1. The zero-order chi connectivity index (χ0) is 12.0. The Morgan fingerprint density at radius 1 is 1.25 bits per heavy atom. The molecule has 1 heterocycles. The smallest absolute Gasteiger partial charge is 0.115 e. The van der Waals surface area contributed by atoms with E-state index >= 15 is 0 Å². The molecule has 0 unspecified atom stereocenters. The number of hydrogen-bond donors (Lipinski definition) is 0. The summed E-state index contributed by atoms with van der Waals surface area (Å²) in [4.78, 5) is 8.60. The van der Waals surface area contributed by atoms with Crippen LogP contribution in [0.5, 0.6) is 0 Å². The van der Waals surface area contributed by atoms with Crippen molar-refractivity contribution < 1.29 is 0 Å². The minimum Gasteiger partial charge on any atom is -0.241 e. The Morgan fingerprint density at radius 3 is 2.56 bits per heavy atom. The lowest BCUT2D eigenvalue weighted by molar-refractivity contribution is 0.435. The van der Waals surface area contributed by atoms with Crippen LogP contribution < -0.4 is 0 Å². The van der Waals surface area contributed by atoms with Gasteiger partial charge in [-0.05, 0) is 37.7 Å². The minimum atomic E-state index is 0.849. The molecule has 1 aromatic heterocycles. The standard InChI is InChI=1S/C11H16N2.C3H8/c1-3-9-4-5-10-8(2)12-7-13-11(10)6-9;1-3-2/h7,9H,3-6H2,1-2H3;3H2,1-2H3/t9-;/m0./s1. The van der Waals surface area contributed by atoms with E-state index < -0.39 is 0 Å². The molecule has 1 aliphatic carbocycles. The summed E-state index contributed by atoms with van der Waals surface area (Å²) in [5.41, 5.74) is 3.89. The van der Waals surface area contributed by atoms with E-state index in [9.17, 15) is 0 Å². The average molecular weight is 220 g/mol. The third kappa shape index (κ3) is 3.29. The molecule has 1 atom stereocenters. The molecule has 0 aromatic carbocycles. The van der Waals surface area contributed by atoms with Crippen LogP contribution in [0, 0.1) is 12.8 Å². The molecule has 0 fully saturated rings. The molecule has 0 aliphatic heterocycles. The van der Waals surface area contributed by atoms with Gasteiger partial charge in [0, 0.05) is 11.4 Å². The van der Waals surface area contributed by atoms with Crippen molar-refractivity contribution in [3.63, 3.8) is 0 Å². The number of aryl methyl sites for hydroxylation is 1. The van der Waals surface area contributed by atoms with Gasteiger partial charge < -0.3 is 0 Å². The highest BCUT2D eigenvalue weighted by atomic mass is 14.8. The van der Waals surface area contributed by atoms with Crippen LogP contribution in [0.2, 0.25) is 0 Å². The summed E-state index contributed by atoms with van der Waals surface area (Å²) in [6, 6.07) is 0. The fourth-order valence-electron chi connectivity index (χ4n) is 2.12. The third-order valence-electron chi connectivity index (χ3n) is 3.11. The van der Waals surface area contributed by atoms with Crippen molar-refractivity contribution in [1.82, 2.24) is 9.97 Å². The monoisotopic (exact) mass is 220 g/mol. The first kappa shape index (κ1) is 13.1. The molecule has 0 amide bonds. The van der Waals surface area contributed by atoms with Crippen LogP contribution in [0.25, 0.3) is 0 Å². The summed E-state index contributed by atoms with van der Waals surface area (Å²) < 4.78 is 0. The van der Waals surface area contributed by atoms with Gasteiger partial charge in [0.05, 0.1) is 0 Å². The largest absolute Gasteiger partial charge is 0.241 e.